The Labute approximate surface area is 112 Å². The van der Waals surface area contributed by atoms with Crippen molar-refractivity contribution in [1.82, 2.24) is 0 Å². The maximum Gasteiger partial charge on any atom is 0.308 e. The number of rotatable bonds is 6. The first-order valence-electron chi connectivity index (χ1n) is 6.12. The highest BCUT2D eigenvalue weighted by Gasteiger charge is 2.24. The fraction of sp³-hybridized carbons (Fsp3) is 0.467. The third-order valence-electron chi connectivity index (χ3n) is 2.53. The van der Waals surface area contributed by atoms with Crippen molar-refractivity contribution >= 4 is 11.6 Å². The van der Waals surface area contributed by atoms with Gasteiger partial charge in [0.25, 0.3) is 0 Å². The Morgan fingerprint density at radius 1 is 1.11 bits per heavy atom. The average molecular weight is 271 g/mol. The van der Waals surface area contributed by atoms with E-state index in [2.05, 4.69) is 11.8 Å². The summed E-state index contributed by atoms with van der Waals surface area (Å²) in [5.74, 6) is 2.27. The summed E-state index contributed by atoms with van der Waals surface area (Å²) in [6, 6.07) is 9.28. The summed E-state index contributed by atoms with van der Waals surface area (Å²) in [6.45, 7) is 0. The Bertz CT molecular complexity index is 390. The van der Waals surface area contributed by atoms with Gasteiger partial charge in [-0.05, 0) is 30.7 Å². The number of aryl methyl sites for hydroxylation is 1. The Morgan fingerprint density at radius 2 is 1.83 bits per heavy atom. The minimum atomic E-state index is -2.89. The van der Waals surface area contributed by atoms with E-state index in [1.165, 1.54) is 0 Å². The van der Waals surface area contributed by atoms with Crippen LogP contribution in [0, 0.1) is 11.8 Å². The SMILES string of the molecule is FC(F)(C#CCCCCCl)CCc1ccccc1. The number of alkyl halides is 3. The van der Waals surface area contributed by atoms with Crippen LogP contribution in [0.2, 0.25) is 0 Å². The van der Waals surface area contributed by atoms with Crippen LogP contribution in [-0.2, 0) is 6.42 Å². The molecule has 1 aromatic rings. The molecule has 0 amide bonds. The molecule has 0 radical (unpaired) electrons. The van der Waals surface area contributed by atoms with Gasteiger partial charge in [0.05, 0.1) is 0 Å². The van der Waals surface area contributed by atoms with Crippen LogP contribution in [0.1, 0.15) is 31.2 Å². The topological polar surface area (TPSA) is 0 Å². The van der Waals surface area contributed by atoms with E-state index in [0.717, 1.165) is 18.4 Å². The van der Waals surface area contributed by atoms with Gasteiger partial charge in [-0.15, -0.1) is 11.6 Å². The van der Waals surface area contributed by atoms with E-state index in [0.29, 0.717) is 18.7 Å². The van der Waals surface area contributed by atoms with Gasteiger partial charge < -0.3 is 0 Å². The molecule has 0 unspecified atom stereocenters. The molecule has 0 fully saturated rings. The highest BCUT2D eigenvalue weighted by atomic mass is 35.5. The van der Waals surface area contributed by atoms with Gasteiger partial charge >= 0.3 is 5.92 Å². The first-order valence-corrected chi connectivity index (χ1v) is 6.65. The van der Waals surface area contributed by atoms with Crippen molar-refractivity contribution in [2.75, 3.05) is 5.88 Å². The van der Waals surface area contributed by atoms with Crippen LogP contribution < -0.4 is 0 Å². The minimum Gasteiger partial charge on any atom is -0.192 e. The smallest absolute Gasteiger partial charge is 0.192 e. The molecule has 98 valence electrons. The Balaban J connectivity index is 2.35. The summed E-state index contributed by atoms with van der Waals surface area (Å²) in [7, 11) is 0. The number of hydrogen-bond acceptors (Lipinski definition) is 0. The van der Waals surface area contributed by atoms with Crippen molar-refractivity contribution in [1.29, 1.82) is 0 Å². The van der Waals surface area contributed by atoms with Gasteiger partial charge in [-0.1, -0.05) is 36.3 Å². The Hall–Kier alpha value is -1.07. The second-order valence-corrected chi connectivity index (χ2v) is 4.52. The molecule has 0 aromatic heterocycles. The summed E-state index contributed by atoms with van der Waals surface area (Å²) >= 11 is 5.49. The molecule has 0 saturated heterocycles. The molecular weight excluding hydrogens is 254 g/mol. The maximum atomic E-state index is 13.4. The molecule has 1 rings (SSSR count). The van der Waals surface area contributed by atoms with Gasteiger partial charge in [-0.25, -0.2) is 0 Å². The number of halogens is 3. The summed E-state index contributed by atoms with van der Waals surface area (Å²) in [4.78, 5) is 0. The first kappa shape index (κ1) is 15.0. The fourth-order valence-electron chi connectivity index (χ4n) is 1.51. The third kappa shape index (κ3) is 6.61. The predicted molar refractivity (Wildman–Crippen MR) is 72.1 cm³/mol. The van der Waals surface area contributed by atoms with Crippen LogP contribution in [0.5, 0.6) is 0 Å². The van der Waals surface area contributed by atoms with E-state index >= 15 is 0 Å². The Kier molecular flexibility index (Phi) is 6.75. The molecule has 0 saturated carbocycles. The molecule has 0 aliphatic heterocycles. The van der Waals surface area contributed by atoms with Crippen LogP contribution in [-0.4, -0.2) is 11.8 Å². The van der Waals surface area contributed by atoms with E-state index in [4.69, 9.17) is 11.6 Å². The lowest BCUT2D eigenvalue weighted by Crippen LogP contribution is -2.14. The lowest BCUT2D eigenvalue weighted by Gasteiger charge is -2.08. The summed E-state index contributed by atoms with van der Waals surface area (Å²) in [5, 5.41) is 0. The quantitative estimate of drug-likeness (QED) is 0.400. The Morgan fingerprint density at radius 3 is 2.50 bits per heavy atom. The summed E-state index contributed by atoms with van der Waals surface area (Å²) in [6.07, 6.45) is 2.23. The summed E-state index contributed by atoms with van der Waals surface area (Å²) < 4.78 is 26.8. The lowest BCUT2D eigenvalue weighted by molar-refractivity contribution is 0.0570. The van der Waals surface area contributed by atoms with Crippen LogP contribution in [0.15, 0.2) is 30.3 Å². The second kappa shape index (κ2) is 8.11. The molecule has 0 atom stereocenters. The zero-order valence-corrected chi connectivity index (χ0v) is 11.0. The van der Waals surface area contributed by atoms with Crippen molar-refractivity contribution in [2.45, 2.75) is 38.0 Å². The van der Waals surface area contributed by atoms with E-state index in [1.54, 1.807) is 0 Å². The van der Waals surface area contributed by atoms with Gasteiger partial charge in [-0.3, -0.25) is 0 Å². The van der Waals surface area contributed by atoms with Crippen LogP contribution in [0.25, 0.3) is 0 Å². The molecule has 0 bridgehead atoms. The molecule has 0 nitrogen and oxygen atoms in total. The van der Waals surface area contributed by atoms with E-state index in [-0.39, 0.29) is 6.42 Å². The highest BCUT2D eigenvalue weighted by Crippen LogP contribution is 2.20. The fourth-order valence-corrected chi connectivity index (χ4v) is 1.70. The molecule has 3 heteroatoms. The summed E-state index contributed by atoms with van der Waals surface area (Å²) in [5.41, 5.74) is 0.918. The van der Waals surface area contributed by atoms with Crippen molar-refractivity contribution in [3.63, 3.8) is 0 Å². The average Bonchev–Trinajstić information content (AvgIpc) is 2.38. The minimum absolute atomic E-state index is 0.223. The third-order valence-corrected chi connectivity index (χ3v) is 2.79. The predicted octanol–water partition coefficient (Wildman–Crippen LogP) is 4.67. The largest absolute Gasteiger partial charge is 0.308 e. The highest BCUT2D eigenvalue weighted by molar-refractivity contribution is 6.17. The van der Waals surface area contributed by atoms with Gasteiger partial charge in [0.2, 0.25) is 0 Å². The van der Waals surface area contributed by atoms with Crippen LogP contribution in [0.3, 0.4) is 0 Å². The molecule has 0 aliphatic rings. The zero-order chi connectivity index (χ0) is 13.3. The van der Waals surface area contributed by atoms with E-state index in [9.17, 15) is 8.78 Å². The molecule has 0 aliphatic carbocycles. The van der Waals surface area contributed by atoms with Gasteiger partial charge in [0, 0.05) is 18.7 Å². The van der Waals surface area contributed by atoms with Crippen molar-refractivity contribution in [2.24, 2.45) is 0 Å². The monoisotopic (exact) mass is 270 g/mol. The second-order valence-electron chi connectivity index (χ2n) is 4.14. The molecular formula is C15H17ClF2. The molecule has 0 spiro atoms. The van der Waals surface area contributed by atoms with Crippen LogP contribution >= 0.6 is 11.6 Å². The van der Waals surface area contributed by atoms with Crippen molar-refractivity contribution < 1.29 is 8.78 Å². The van der Waals surface area contributed by atoms with Crippen molar-refractivity contribution in [3.8, 4) is 11.8 Å². The van der Waals surface area contributed by atoms with Gasteiger partial charge in [-0.2, -0.15) is 8.78 Å². The van der Waals surface area contributed by atoms with Crippen LogP contribution in [0.4, 0.5) is 8.78 Å². The molecule has 0 N–H and O–H groups in total. The molecule has 18 heavy (non-hydrogen) atoms. The molecule has 0 heterocycles. The maximum absolute atomic E-state index is 13.4. The zero-order valence-electron chi connectivity index (χ0n) is 10.3. The van der Waals surface area contributed by atoms with E-state index < -0.39 is 5.92 Å². The standard InChI is InChI=1S/C15H17ClF2/c16-13-7-2-1-6-11-15(17,18)12-10-14-8-4-3-5-9-14/h3-5,8-9H,1-2,7,10,12-13H2. The van der Waals surface area contributed by atoms with Gasteiger partial charge in [0.15, 0.2) is 0 Å². The molecule has 1 aromatic carbocycles. The number of unbranched alkanes of at least 4 members (excludes halogenated alkanes) is 2. The first-order chi connectivity index (χ1) is 8.64. The number of hydrogen-bond donors (Lipinski definition) is 0. The van der Waals surface area contributed by atoms with E-state index in [1.807, 2.05) is 30.3 Å². The van der Waals surface area contributed by atoms with Gasteiger partial charge in [0.1, 0.15) is 0 Å². The van der Waals surface area contributed by atoms with Crippen molar-refractivity contribution in [3.05, 3.63) is 35.9 Å². The normalized spacial score (nSPS) is 10.8. The number of benzene rings is 1. The lowest BCUT2D eigenvalue weighted by atomic mass is 10.1.